The Labute approximate surface area is 183 Å². The first kappa shape index (κ1) is 19.9. The highest BCUT2D eigenvalue weighted by Gasteiger charge is 2.25. The van der Waals surface area contributed by atoms with Crippen molar-refractivity contribution in [2.24, 2.45) is 7.05 Å². The number of hydrogen-bond acceptors (Lipinski definition) is 4. The maximum atomic E-state index is 12.8. The van der Waals surface area contributed by atoms with Crippen LogP contribution in [-0.4, -0.2) is 36.8 Å². The van der Waals surface area contributed by atoms with E-state index in [1.54, 1.807) is 23.0 Å². The van der Waals surface area contributed by atoms with Gasteiger partial charge in [-0.05, 0) is 30.3 Å². The molecule has 0 aliphatic carbocycles. The van der Waals surface area contributed by atoms with E-state index < -0.39 is 6.09 Å². The molecule has 0 fully saturated rings. The molecule has 5 rings (SSSR count). The van der Waals surface area contributed by atoms with Crippen LogP contribution in [0.25, 0.3) is 16.6 Å². The van der Waals surface area contributed by atoms with Gasteiger partial charge in [-0.3, -0.25) is 14.3 Å². The van der Waals surface area contributed by atoms with Crippen LogP contribution in [0.4, 0.5) is 4.79 Å². The van der Waals surface area contributed by atoms with Gasteiger partial charge in [0.25, 0.3) is 5.56 Å². The smallest absolute Gasteiger partial charge is 0.407 e. The third-order valence-electron chi connectivity index (χ3n) is 5.94. The van der Waals surface area contributed by atoms with Gasteiger partial charge in [0.05, 0.1) is 23.4 Å². The van der Waals surface area contributed by atoms with Gasteiger partial charge in [0.15, 0.2) is 0 Å². The molecule has 0 unspecified atom stereocenters. The number of pyridine rings is 2. The highest BCUT2D eigenvalue weighted by molar-refractivity contribution is 5.88. The average Bonchev–Trinajstić information content (AvgIpc) is 3.09. The summed E-state index contributed by atoms with van der Waals surface area (Å²) in [6.07, 6.45) is 3.17. The Kier molecular flexibility index (Phi) is 4.89. The summed E-state index contributed by atoms with van der Waals surface area (Å²) in [5, 5.41) is 10.4. The minimum atomic E-state index is -0.902. The van der Waals surface area contributed by atoms with Crippen molar-refractivity contribution in [2.45, 2.75) is 19.6 Å². The zero-order valence-electron chi connectivity index (χ0n) is 17.6. The van der Waals surface area contributed by atoms with E-state index in [9.17, 15) is 14.7 Å². The van der Waals surface area contributed by atoms with Crippen LogP contribution in [0.3, 0.4) is 0 Å². The lowest BCUT2D eigenvalue weighted by Gasteiger charge is -2.25. The largest absolute Gasteiger partial charge is 0.487 e. The van der Waals surface area contributed by atoms with E-state index in [4.69, 9.17) is 4.74 Å². The molecule has 1 amide bonds. The molecule has 1 aliphatic heterocycles. The second-order valence-corrected chi connectivity index (χ2v) is 7.82. The van der Waals surface area contributed by atoms with Crippen molar-refractivity contribution in [1.82, 2.24) is 19.0 Å². The molecule has 4 aromatic rings. The van der Waals surface area contributed by atoms with E-state index >= 15 is 0 Å². The zero-order valence-corrected chi connectivity index (χ0v) is 17.6. The van der Waals surface area contributed by atoms with Crippen molar-refractivity contribution in [3.8, 4) is 11.4 Å². The first-order valence-electron chi connectivity index (χ1n) is 10.3. The highest BCUT2D eigenvalue weighted by Crippen LogP contribution is 2.31. The van der Waals surface area contributed by atoms with Crippen LogP contribution in [0.5, 0.6) is 5.75 Å². The fourth-order valence-corrected chi connectivity index (χ4v) is 4.28. The van der Waals surface area contributed by atoms with Gasteiger partial charge >= 0.3 is 6.09 Å². The Hall–Kier alpha value is -4.07. The summed E-state index contributed by atoms with van der Waals surface area (Å²) in [7, 11) is 1.98. The zero-order chi connectivity index (χ0) is 22.2. The molecule has 1 N–H and O–H groups in total. The first-order chi connectivity index (χ1) is 15.5. The number of aromatic nitrogens is 3. The Morgan fingerprint density at radius 3 is 2.81 bits per heavy atom. The number of fused-ring (bicyclic) bond motifs is 3. The minimum absolute atomic E-state index is 0.195. The van der Waals surface area contributed by atoms with E-state index in [0.717, 1.165) is 33.5 Å². The van der Waals surface area contributed by atoms with Crippen molar-refractivity contribution in [2.75, 3.05) is 6.54 Å². The number of nitrogens with zero attached hydrogens (tertiary/aromatic N) is 4. The number of carbonyl (C=O) groups is 1. The molecule has 1 aromatic carbocycles. The molecule has 3 aromatic heterocycles. The van der Waals surface area contributed by atoms with Gasteiger partial charge < -0.3 is 19.3 Å². The lowest BCUT2D eigenvalue weighted by atomic mass is 10.0. The van der Waals surface area contributed by atoms with Gasteiger partial charge in [-0.1, -0.05) is 12.1 Å². The van der Waals surface area contributed by atoms with Crippen LogP contribution in [0.2, 0.25) is 0 Å². The summed E-state index contributed by atoms with van der Waals surface area (Å²) in [5.41, 5.74) is 4.48. The summed E-state index contributed by atoms with van der Waals surface area (Å²) < 4.78 is 9.38. The van der Waals surface area contributed by atoms with Crippen LogP contribution in [0, 0.1) is 0 Å². The van der Waals surface area contributed by atoms with Gasteiger partial charge in [0.2, 0.25) is 0 Å². The summed E-state index contributed by atoms with van der Waals surface area (Å²) >= 11 is 0. The molecule has 0 atom stereocenters. The molecule has 162 valence electrons. The normalized spacial score (nSPS) is 13.2. The number of rotatable bonds is 4. The molecule has 0 saturated heterocycles. The third kappa shape index (κ3) is 3.49. The van der Waals surface area contributed by atoms with Crippen LogP contribution < -0.4 is 10.3 Å². The Morgan fingerprint density at radius 2 is 2.06 bits per heavy atom. The second kappa shape index (κ2) is 7.88. The Bertz CT molecular complexity index is 1370. The van der Waals surface area contributed by atoms with E-state index in [2.05, 4.69) is 9.55 Å². The fraction of sp³-hybridized carbons (Fsp3) is 0.208. The van der Waals surface area contributed by atoms with E-state index in [1.165, 1.54) is 11.0 Å². The first-order valence-corrected chi connectivity index (χ1v) is 10.3. The van der Waals surface area contributed by atoms with Gasteiger partial charge in [0.1, 0.15) is 12.4 Å². The summed E-state index contributed by atoms with van der Waals surface area (Å²) in [6, 6.07) is 14.6. The van der Waals surface area contributed by atoms with Crippen molar-refractivity contribution >= 4 is 17.0 Å². The summed E-state index contributed by atoms with van der Waals surface area (Å²) in [4.78, 5) is 29.8. The van der Waals surface area contributed by atoms with Gasteiger partial charge in [0, 0.05) is 55.1 Å². The van der Waals surface area contributed by atoms with Crippen molar-refractivity contribution in [3.63, 3.8) is 0 Å². The molecule has 4 heterocycles. The van der Waals surface area contributed by atoms with E-state index in [1.807, 2.05) is 43.4 Å². The number of aryl methyl sites for hydroxylation is 1. The van der Waals surface area contributed by atoms with Crippen molar-refractivity contribution < 1.29 is 14.6 Å². The van der Waals surface area contributed by atoms with Crippen LogP contribution >= 0.6 is 0 Å². The lowest BCUT2D eigenvalue weighted by Crippen LogP contribution is -2.34. The van der Waals surface area contributed by atoms with Gasteiger partial charge in [-0.25, -0.2) is 4.79 Å². The number of amides is 1. The molecule has 0 spiro atoms. The average molecular weight is 430 g/mol. The molecular weight excluding hydrogens is 408 g/mol. The van der Waals surface area contributed by atoms with Crippen molar-refractivity contribution in [1.29, 1.82) is 0 Å². The fourth-order valence-electron chi connectivity index (χ4n) is 4.28. The predicted molar refractivity (Wildman–Crippen MR) is 119 cm³/mol. The SMILES string of the molecule is Cn1c2c(c3ccc(-n4ccc(OCc5ccccn5)cc4=O)cc31)CN(C(=O)O)CC2. The van der Waals surface area contributed by atoms with Gasteiger partial charge in [-0.15, -0.1) is 0 Å². The summed E-state index contributed by atoms with van der Waals surface area (Å²) in [5.74, 6) is 0.487. The number of hydrogen-bond donors (Lipinski definition) is 1. The minimum Gasteiger partial charge on any atom is -0.487 e. The van der Waals surface area contributed by atoms with E-state index in [-0.39, 0.29) is 5.56 Å². The lowest BCUT2D eigenvalue weighted by molar-refractivity contribution is 0.139. The number of carboxylic acid groups (broad SMARTS) is 1. The van der Waals surface area contributed by atoms with Crippen LogP contribution in [0.1, 0.15) is 17.0 Å². The Balaban J connectivity index is 1.44. The van der Waals surface area contributed by atoms with Crippen LogP contribution in [0.15, 0.2) is 65.7 Å². The molecule has 0 radical (unpaired) electrons. The summed E-state index contributed by atoms with van der Waals surface area (Å²) in [6.45, 7) is 1.15. The van der Waals surface area contributed by atoms with Gasteiger partial charge in [-0.2, -0.15) is 0 Å². The topological polar surface area (TPSA) is 89.6 Å². The highest BCUT2D eigenvalue weighted by atomic mass is 16.5. The number of ether oxygens (including phenoxy) is 1. The molecule has 0 bridgehead atoms. The molecular formula is C24H22N4O4. The van der Waals surface area contributed by atoms with Crippen molar-refractivity contribution in [3.05, 3.63) is 88.2 Å². The van der Waals surface area contributed by atoms with Crippen LogP contribution in [-0.2, 0) is 26.6 Å². The standard InChI is InChI=1S/C24H22N4O4/c1-26-21-8-10-27(24(30)31)14-20(21)19-6-5-17(12-22(19)26)28-11-7-18(13-23(28)29)32-15-16-4-2-3-9-25-16/h2-7,9,11-13H,8,10,14-15H2,1H3,(H,30,31). The quantitative estimate of drug-likeness (QED) is 0.536. The monoisotopic (exact) mass is 430 g/mol. The Morgan fingerprint density at radius 1 is 1.19 bits per heavy atom. The predicted octanol–water partition coefficient (Wildman–Crippen LogP) is 3.34. The number of benzene rings is 1. The molecule has 32 heavy (non-hydrogen) atoms. The van der Waals surface area contributed by atoms with E-state index in [0.29, 0.717) is 31.9 Å². The maximum Gasteiger partial charge on any atom is 0.407 e. The molecule has 0 saturated carbocycles. The molecule has 8 heteroatoms. The second-order valence-electron chi connectivity index (χ2n) is 7.82. The molecule has 1 aliphatic rings. The maximum absolute atomic E-state index is 12.8. The third-order valence-corrected chi connectivity index (χ3v) is 5.94. The molecule has 8 nitrogen and oxygen atoms in total.